The van der Waals surface area contributed by atoms with E-state index >= 15 is 0 Å². The van der Waals surface area contributed by atoms with Crippen LogP contribution < -0.4 is 0 Å². The van der Waals surface area contributed by atoms with Gasteiger partial charge in [0.25, 0.3) is 0 Å². The molecule has 0 unspecified atom stereocenters. The molecule has 35 heavy (non-hydrogen) atoms. The molecule has 2 spiro atoms. The van der Waals surface area contributed by atoms with Gasteiger partial charge >= 0.3 is 12.2 Å². The zero-order valence-corrected chi connectivity index (χ0v) is 19.6. The smallest absolute Gasteiger partial charge is 0.323 e. The largest absolute Gasteiger partial charge is 0.434 e. The van der Waals surface area contributed by atoms with E-state index in [2.05, 4.69) is 20.4 Å². The molecular formula is C22H28F3N9O. The summed E-state index contributed by atoms with van der Waals surface area (Å²) in [6.07, 6.45) is 1.89. The predicted octanol–water partition coefficient (Wildman–Crippen LogP) is 1.88. The van der Waals surface area contributed by atoms with Gasteiger partial charge in [-0.1, -0.05) is 5.21 Å². The lowest BCUT2D eigenvalue weighted by molar-refractivity contribution is -0.146. The predicted molar refractivity (Wildman–Crippen MR) is 115 cm³/mol. The van der Waals surface area contributed by atoms with Crippen LogP contribution in [0.25, 0.3) is 0 Å². The summed E-state index contributed by atoms with van der Waals surface area (Å²) >= 11 is 0. The van der Waals surface area contributed by atoms with Crippen LogP contribution in [0.2, 0.25) is 0 Å². The third kappa shape index (κ3) is 3.45. The van der Waals surface area contributed by atoms with Crippen LogP contribution in [0.5, 0.6) is 0 Å². The van der Waals surface area contributed by atoms with Gasteiger partial charge in [-0.2, -0.15) is 18.3 Å². The third-order valence-electron chi connectivity index (χ3n) is 8.48. The number of aromatic nitrogens is 6. The molecule has 2 saturated carbocycles. The Morgan fingerprint density at radius 1 is 1.06 bits per heavy atom. The van der Waals surface area contributed by atoms with Crippen LogP contribution >= 0.6 is 0 Å². The van der Waals surface area contributed by atoms with Crippen LogP contribution in [0, 0.1) is 10.8 Å². The Hall–Kier alpha value is -2.70. The van der Waals surface area contributed by atoms with Crippen molar-refractivity contribution >= 4 is 6.03 Å². The fourth-order valence-electron chi connectivity index (χ4n) is 6.65. The Morgan fingerprint density at radius 2 is 1.71 bits per heavy atom. The fourth-order valence-corrected chi connectivity index (χ4v) is 6.65. The Bertz CT molecular complexity index is 1160. The van der Waals surface area contributed by atoms with Crippen molar-refractivity contribution in [3.63, 3.8) is 0 Å². The Labute approximate surface area is 200 Å². The first-order valence-electron chi connectivity index (χ1n) is 12.3. The molecule has 0 aromatic carbocycles. The molecular weight excluding hydrogens is 463 g/mol. The van der Waals surface area contributed by atoms with Gasteiger partial charge in [0.2, 0.25) is 0 Å². The average Bonchev–Trinajstić information content (AvgIpc) is 3.28. The number of hydrogen-bond acceptors (Lipinski definition) is 6. The number of amides is 2. The van der Waals surface area contributed by atoms with Crippen LogP contribution in [0.15, 0.2) is 6.33 Å². The van der Waals surface area contributed by atoms with E-state index in [-0.39, 0.29) is 29.1 Å². The molecule has 2 aliphatic carbocycles. The lowest BCUT2D eigenvalue weighted by atomic mass is 9.60. The Kier molecular flexibility index (Phi) is 4.28. The summed E-state index contributed by atoms with van der Waals surface area (Å²) in [6.45, 7) is 4.42. The van der Waals surface area contributed by atoms with E-state index in [0.29, 0.717) is 38.1 Å². The highest BCUT2D eigenvalue weighted by Crippen LogP contribution is 2.54. The molecule has 2 amide bonds. The summed E-state index contributed by atoms with van der Waals surface area (Å²) in [5.74, 6) is 1.55. The van der Waals surface area contributed by atoms with Gasteiger partial charge in [0.05, 0.1) is 6.04 Å². The first-order chi connectivity index (χ1) is 16.6. The minimum absolute atomic E-state index is 0.00669. The van der Waals surface area contributed by atoms with Crippen LogP contribution in [0.3, 0.4) is 0 Å². The lowest BCUT2D eigenvalue weighted by Crippen LogP contribution is -2.75. The SMILES string of the molecule is Cn1nnc(CN2CC3(C2)CN(C(=O)N2CC4(CC(n5cnc(C6CC6)n5)C4)C2)C3)c1C(F)(F)F. The maximum Gasteiger partial charge on any atom is 0.434 e. The molecule has 3 aliphatic heterocycles. The van der Waals surface area contributed by atoms with Crippen LogP contribution in [-0.4, -0.2) is 89.8 Å². The van der Waals surface area contributed by atoms with Crippen molar-refractivity contribution in [1.82, 2.24) is 44.5 Å². The zero-order chi connectivity index (χ0) is 24.2. The van der Waals surface area contributed by atoms with E-state index in [1.165, 1.54) is 19.9 Å². The first kappa shape index (κ1) is 21.6. The fraction of sp³-hybridized carbons (Fsp3) is 0.773. The zero-order valence-electron chi connectivity index (χ0n) is 19.6. The lowest BCUT2D eigenvalue weighted by Gasteiger charge is -2.63. The quantitative estimate of drug-likeness (QED) is 0.649. The molecule has 5 heterocycles. The van der Waals surface area contributed by atoms with Gasteiger partial charge in [-0.25, -0.2) is 19.1 Å². The van der Waals surface area contributed by atoms with Crippen molar-refractivity contribution in [2.75, 3.05) is 39.3 Å². The van der Waals surface area contributed by atoms with Crippen molar-refractivity contribution in [1.29, 1.82) is 0 Å². The van der Waals surface area contributed by atoms with Crippen LogP contribution in [0.1, 0.15) is 54.9 Å². The second kappa shape index (κ2) is 6.95. The maximum absolute atomic E-state index is 13.2. The standard InChI is InChI=1S/C22H28F3N9O/c1-30-17(22(23,24)25)16(27-29-30)6-31-7-21(8-31)11-33(12-21)19(35)32-9-20(10-32)4-15(5-20)34-13-26-18(28-34)14-2-3-14/h13-15H,2-12H2,1H3. The normalized spacial score (nSPS) is 25.4. The van der Waals surface area contributed by atoms with Crippen molar-refractivity contribution in [3.05, 3.63) is 23.5 Å². The highest BCUT2D eigenvalue weighted by atomic mass is 19.4. The van der Waals surface area contributed by atoms with Gasteiger partial charge in [-0.15, -0.1) is 5.10 Å². The summed E-state index contributed by atoms with van der Waals surface area (Å²) < 4.78 is 42.6. The summed E-state index contributed by atoms with van der Waals surface area (Å²) in [4.78, 5) is 23.1. The van der Waals surface area contributed by atoms with Crippen molar-refractivity contribution < 1.29 is 18.0 Å². The number of urea groups is 1. The number of carbonyl (C=O) groups is 1. The van der Waals surface area contributed by atoms with Gasteiger partial charge in [0, 0.05) is 69.6 Å². The van der Waals surface area contributed by atoms with Gasteiger partial charge < -0.3 is 9.80 Å². The van der Waals surface area contributed by atoms with Crippen LogP contribution in [-0.2, 0) is 19.8 Å². The molecule has 0 radical (unpaired) electrons. The number of nitrogens with zero attached hydrogens (tertiary/aromatic N) is 9. The monoisotopic (exact) mass is 491 g/mol. The van der Waals surface area contributed by atoms with Crippen LogP contribution in [0.4, 0.5) is 18.0 Å². The highest BCUT2D eigenvalue weighted by molar-refractivity contribution is 5.77. The molecule has 2 aromatic rings. The molecule has 3 saturated heterocycles. The second-order valence-corrected chi connectivity index (χ2v) is 11.6. The molecule has 7 rings (SSSR count). The maximum atomic E-state index is 13.2. The Balaban J connectivity index is 0.862. The minimum atomic E-state index is -4.47. The van der Waals surface area contributed by atoms with E-state index in [4.69, 9.17) is 0 Å². The van der Waals surface area contributed by atoms with Gasteiger partial charge in [-0.3, -0.25) is 4.90 Å². The number of likely N-dealkylation sites (tertiary alicyclic amines) is 3. The number of aryl methyl sites for hydroxylation is 1. The topological polar surface area (TPSA) is 88.2 Å². The summed E-state index contributed by atoms with van der Waals surface area (Å²) in [7, 11) is 1.26. The van der Waals surface area contributed by atoms with E-state index < -0.39 is 11.9 Å². The number of carbonyl (C=O) groups excluding carboxylic acids is 1. The van der Waals surface area contributed by atoms with Gasteiger partial charge in [-0.05, 0) is 25.7 Å². The number of alkyl halides is 3. The molecule has 0 N–H and O–H groups in total. The molecule has 13 heteroatoms. The van der Waals surface area contributed by atoms with Crippen molar-refractivity contribution in [2.24, 2.45) is 17.9 Å². The third-order valence-corrected chi connectivity index (χ3v) is 8.48. The first-order valence-corrected chi connectivity index (χ1v) is 12.3. The summed E-state index contributed by atoms with van der Waals surface area (Å²) in [6, 6.07) is 0.487. The molecule has 2 aromatic heterocycles. The molecule has 10 nitrogen and oxygen atoms in total. The van der Waals surface area contributed by atoms with Crippen molar-refractivity contribution in [2.45, 2.75) is 50.4 Å². The molecule has 5 aliphatic rings. The van der Waals surface area contributed by atoms with E-state index in [9.17, 15) is 18.0 Å². The molecule has 188 valence electrons. The molecule has 0 bridgehead atoms. The number of hydrogen-bond donors (Lipinski definition) is 0. The van der Waals surface area contributed by atoms with Crippen molar-refractivity contribution in [3.8, 4) is 0 Å². The summed E-state index contributed by atoms with van der Waals surface area (Å²) in [5.41, 5.74) is -0.593. The van der Waals surface area contributed by atoms with E-state index in [0.717, 1.165) is 36.4 Å². The molecule has 0 atom stereocenters. The minimum Gasteiger partial charge on any atom is -0.323 e. The van der Waals surface area contributed by atoms with Gasteiger partial charge in [0.15, 0.2) is 11.5 Å². The number of rotatable bonds is 4. The van der Waals surface area contributed by atoms with Gasteiger partial charge in [0.1, 0.15) is 12.0 Å². The molecule has 5 fully saturated rings. The van der Waals surface area contributed by atoms with E-state index in [1.807, 2.05) is 25.7 Å². The second-order valence-electron chi connectivity index (χ2n) is 11.6. The Morgan fingerprint density at radius 3 is 2.34 bits per heavy atom. The highest BCUT2D eigenvalue weighted by Gasteiger charge is 2.58. The summed E-state index contributed by atoms with van der Waals surface area (Å²) in [5, 5.41) is 11.9. The van der Waals surface area contributed by atoms with E-state index in [1.54, 1.807) is 0 Å². The average molecular weight is 492 g/mol. The number of halogens is 3.